The fraction of sp³-hybridized carbons (Fsp3) is 0.263. The molecule has 7 heteroatoms. The molecule has 2 N–H and O–H groups in total. The van der Waals surface area contributed by atoms with E-state index in [-0.39, 0.29) is 0 Å². The Kier molecular flexibility index (Phi) is 7.95. The predicted octanol–water partition coefficient (Wildman–Crippen LogP) is 4.79. The average molecular weight is 420 g/mol. The molecule has 0 spiro atoms. The number of benzene rings is 2. The third-order valence-corrected chi connectivity index (χ3v) is 3.78. The number of nitrogens with zero attached hydrogens (tertiary/aromatic N) is 1. The zero-order valence-corrected chi connectivity index (χ0v) is 16.4. The number of anilines is 1. The maximum atomic E-state index is 11.8. The Hall–Kier alpha value is -2.54. The Morgan fingerprint density at radius 3 is 2.65 bits per heavy atom. The molecule has 6 nitrogen and oxygen atoms in total. The van der Waals surface area contributed by atoms with Gasteiger partial charge in [-0.2, -0.15) is 5.10 Å². The van der Waals surface area contributed by atoms with Crippen molar-refractivity contribution in [2.45, 2.75) is 20.3 Å². The van der Waals surface area contributed by atoms with Crippen LogP contribution in [-0.4, -0.2) is 25.5 Å². The second kappa shape index (κ2) is 10.5. The molecule has 2 aromatic rings. The molecule has 0 aliphatic heterocycles. The van der Waals surface area contributed by atoms with Gasteiger partial charge in [0.25, 0.3) is 0 Å². The molecule has 0 bridgehead atoms. The molecule has 0 aliphatic carbocycles. The molecule has 0 aliphatic rings. The first-order chi connectivity index (χ1) is 12.6. The number of carbonyl (C=O) groups is 1. The minimum absolute atomic E-state index is 0.417. The lowest BCUT2D eigenvalue weighted by molar-refractivity contribution is 0.252. The van der Waals surface area contributed by atoms with Crippen molar-refractivity contribution in [3.8, 4) is 11.5 Å². The monoisotopic (exact) mass is 419 g/mol. The average Bonchev–Trinajstić information content (AvgIpc) is 2.62. The van der Waals surface area contributed by atoms with Gasteiger partial charge in [-0.15, -0.1) is 0 Å². The largest absolute Gasteiger partial charge is 0.490 e. The molecule has 0 unspecified atom stereocenters. The second-order valence-corrected chi connectivity index (χ2v) is 6.16. The number of hydrazone groups is 1. The van der Waals surface area contributed by atoms with E-state index in [1.54, 1.807) is 18.3 Å². The standard InChI is InChI=1S/C19H22BrN3O3/c1-3-10-26-18-16(20)11-14(12-17(18)25-4-2)13-21-23-19(24)22-15-8-6-5-7-9-15/h5-9,11-13H,3-4,10H2,1-2H3,(H2,22,23,24)/b21-13+. The number of rotatable bonds is 8. The first-order valence-corrected chi connectivity index (χ1v) is 9.17. The molecular formula is C19H22BrN3O3. The van der Waals surface area contributed by atoms with Crippen LogP contribution in [0, 0.1) is 0 Å². The molecule has 2 rings (SSSR count). The van der Waals surface area contributed by atoms with Crippen molar-refractivity contribution in [3.63, 3.8) is 0 Å². The van der Waals surface area contributed by atoms with Crippen LogP contribution in [0.2, 0.25) is 0 Å². The van der Waals surface area contributed by atoms with E-state index in [1.807, 2.05) is 44.2 Å². The van der Waals surface area contributed by atoms with Gasteiger partial charge in [0.15, 0.2) is 11.5 Å². The van der Waals surface area contributed by atoms with E-state index >= 15 is 0 Å². The molecule has 2 aromatic carbocycles. The number of halogens is 1. The van der Waals surface area contributed by atoms with Crippen LogP contribution in [0.3, 0.4) is 0 Å². The molecule has 0 heterocycles. The Morgan fingerprint density at radius 1 is 1.19 bits per heavy atom. The predicted molar refractivity (Wildman–Crippen MR) is 107 cm³/mol. The van der Waals surface area contributed by atoms with Crippen LogP contribution in [0.5, 0.6) is 11.5 Å². The minimum Gasteiger partial charge on any atom is -0.490 e. The first-order valence-electron chi connectivity index (χ1n) is 8.38. The Balaban J connectivity index is 2.03. The molecule has 0 atom stereocenters. The minimum atomic E-state index is -0.417. The van der Waals surface area contributed by atoms with Gasteiger partial charge in [0.05, 0.1) is 23.9 Å². The van der Waals surface area contributed by atoms with Gasteiger partial charge in [-0.3, -0.25) is 0 Å². The lowest BCUT2D eigenvalue weighted by atomic mass is 10.2. The first kappa shape index (κ1) is 19.8. The van der Waals surface area contributed by atoms with Crippen molar-refractivity contribution in [1.29, 1.82) is 0 Å². The van der Waals surface area contributed by atoms with E-state index in [2.05, 4.69) is 31.8 Å². The van der Waals surface area contributed by atoms with Crippen LogP contribution in [0.1, 0.15) is 25.8 Å². The van der Waals surface area contributed by atoms with E-state index in [9.17, 15) is 4.79 Å². The van der Waals surface area contributed by atoms with Gasteiger partial charge in [0.2, 0.25) is 0 Å². The van der Waals surface area contributed by atoms with Crippen molar-refractivity contribution in [2.24, 2.45) is 5.10 Å². The molecule has 138 valence electrons. The number of hydrogen-bond acceptors (Lipinski definition) is 4. The summed E-state index contributed by atoms with van der Waals surface area (Å²) in [5, 5.41) is 6.65. The lowest BCUT2D eigenvalue weighted by Gasteiger charge is -2.14. The quantitative estimate of drug-likeness (QED) is 0.477. The van der Waals surface area contributed by atoms with Crippen molar-refractivity contribution < 1.29 is 14.3 Å². The summed E-state index contributed by atoms with van der Waals surface area (Å²) < 4.78 is 12.2. The molecule has 0 saturated carbocycles. The normalized spacial score (nSPS) is 10.6. The number of amides is 2. The highest BCUT2D eigenvalue weighted by atomic mass is 79.9. The van der Waals surface area contributed by atoms with Crippen LogP contribution in [0.25, 0.3) is 0 Å². The highest BCUT2D eigenvalue weighted by Gasteiger charge is 2.11. The van der Waals surface area contributed by atoms with Crippen molar-refractivity contribution in [1.82, 2.24) is 5.43 Å². The molecule has 0 saturated heterocycles. The SMILES string of the molecule is CCCOc1c(Br)cc(/C=N/NC(=O)Nc2ccccc2)cc1OCC. The van der Waals surface area contributed by atoms with Crippen molar-refractivity contribution in [3.05, 3.63) is 52.5 Å². The fourth-order valence-electron chi connectivity index (χ4n) is 2.12. The maximum absolute atomic E-state index is 11.8. The van der Waals surface area contributed by atoms with Gasteiger partial charge in [0.1, 0.15) is 0 Å². The summed E-state index contributed by atoms with van der Waals surface area (Å²) in [6.07, 6.45) is 2.45. The number of carbonyl (C=O) groups excluding carboxylic acids is 1. The number of ether oxygens (including phenoxy) is 2. The van der Waals surface area contributed by atoms with Crippen molar-refractivity contribution in [2.75, 3.05) is 18.5 Å². The van der Waals surface area contributed by atoms with E-state index in [4.69, 9.17) is 9.47 Å². The van der Waals surface area contributed by atoms with Gasteiger partial charge in [-0.05, 0) is 59.1 Å². The maximum Gasteiger partial charge on any atom is 0.339 e. The highest BCUT2D eigenvalue weighted by molar-refractivity contribution is 9.10. The van der Waals surface area contributed by atoms with Crippen LogP contribution < -0.4 is 20.2 Å². The Morgan fingerprint density at radius 2 is 1.96 bits per heavy atom. The Bertz CT molecular complexity index is 751. The van der Waals surface area contributed by atoms with Crippen molar-refractivity contribution >= 4 is 33.9 Å². The third-order valence-electron chi connectivity index (χ3n) is 3.19. The number of urea groups is 1. The lowest BCUT2D eigenvalue weighted by Crippen LogP contribution is -2.24. The Labute approximate surface area is 161 Å². The van der Waals surface area contributed by atoms with Gasteiger partial charge >= 0.3 is 6.03 Å². The zero-order chi connectivity index (χ0) is 18.8. The summed E-state index contributed by atoms with van der Waals surface area (Å²) in [5.74, 6) is 1.30. The third kappa shape index (κ3) is 6.07. The summed E-state index contributed by atoms with van der Waals surface area (Å²) in [6.45, 7) is 5.08. The molecular weight excluding hydrogens is 398 g/mol. The summed E-state index contributed by atoms with van der Waals surface area (Å²) >= 11 is 3.50. The molecule has 0 aromatic heterocycles. The van der Waals surface area contributed by atoms with Crippen LogP contribution in [0.4, 0.5) is 10.5 Å². The van der Waals surface area contributed by atoms with Gasteiger partial charge in [-0.1, -0.05) is 25.1 Å². The zero-order valence-electron chi connectivity index (χ0n) is 14.8. The van der Waals surface area contributed by atoms with E-state index < -0.39 is 6.03 Å². The van der Waals surface area contributed by atoms with E-state index in [0.29, 0.717) is 30.4 Å². The number of nitrogens with one attached hydrogen (secondary N) is 2. The molecule has 0 radical (unpaired) electrons. The summed E-state index contributed by atoms with van der Waals surface area (Å²) in [7, 11) is 0. The molecule has 26 heavy (non-hydrogen) atoms. The summed E-state index contributed by atoms with van der Waals surface area (Å²) in [5.41, 5.74) is 3.89. The highest BCUT2D eigenvalue weighted by Crippen LogP contribution is 2.36. The summed E-state index contributed by atoms with van der Waals surface area (Å²) in [6, 6.07) is 12.4. The van der Waals surface area contributed by atoms with Gasteiger partial charge < -0.3 is 14.8 Å². The second-order valence-electron chi connectivity index (χ2n) is 5.30. The van der Waals surface area contributed by atoms with Crippen LogP contribution >= 0.6 is 15.9 Å². The molecule has 0 fully saturated rings. The van der Waals surface area contributed by atoms with Gasteiger partial charge in [0, 0.05) is 5.69 Å². The van der Waals surface area contributed by atoms with Crippen LogP contribution in [0.15, 0.2) is 52.0 Å². The van der Waals surface area contributed by atoms with E-state index in [0.717, 1.165) is 16.5 Å². The van der Waals surface area contributed by atoms with Crippen LogP contribution in [-0.2, 0) is 0 Å². The molecule has 2 amide bonds. The van der Waals surface area contributed by atoms with E-state index in [1.165, 1.54) is 0 Å². The smallest absolute Gasteiger partial charge is 0.339 e. The van der Waals surface area contributed by atoms with Gasteiger partial charge in [-0.25, -0.2) is 10.2 Å². The summed E-state index contributed by atoms with van der Waals surface area (Å²) in [4.78, 5) is 11.8. The topological polar surface area (TPSA) is 72.0 Å². The fourth-order valence-corrected chi connectivity index (χ4v) is 2.69. The number of hydrogen-bond donors (Lipinski definition) is 2. The number of para-hydroxylation sites is 1.